The van der Waals surface area contributed by atoms with E-state index in [1.54, 1.807) is 0 Å². The van der Waals surface area contributed by atoms with Crippen molar-refractivity contribution in [3.8, 4) is 6.07 Å². The van der Waals surface area contributed by atoms with Gasteiger partial charge in [0.05, 0.1) is 21.9 Å². The number of aromatic nitrogens is 1. The predicted octanol–water partition coefficient (Wildman–Crippen LogP) is 3.92. The zero-order valence-electron chi connectivity index (χ0n) is 16.4. The molecule has 0 aliphatic carbocycles. The summed E-state index contributed by atoms with van der Waals surface area (Å²) in [5.41, 5.74) is -1.61. The van der Waals surface area contributed by atoms with E-state index in [0.717, 1.165) is 10.4 Å². The molecule has 2 rings (SSSR count). The van der Waals surface area contributed by atoms with Crippen LogP contribution in [-0.2, 0) is 21.0 Å². The first-order valence-electron chi connectivity index (χ1n) is 8.41. The Kier molecular flexibility index (Phi) is 7.59. The molecule has 0 fully saturated rings. The number of nitrogens with one attached hydrogen (secondary N) is 1. The summed E-state index contributed by atoms with van der Waals surface area (Å²) < 4.78 is 65.1. The van der Waals surface area contributed by atoms with Crippen molar-refractivity contribution in [1.82, 2.24) is 9.29 Å². The van der Waals surface area contributed by atoms with E-state index < -0.39 is 33.2 Å². The molecule has 1 amide bonds. The van der Waals surface area contributed by atoms with Crippen LogP contribution in [0.4, 0.5) is 18.9 Å². The third kappa shape index (κ3) is 5.88. The lowest BCUT2D eigenvalue weighted by atomic mass is 10.1. The highest BCUT2D eigenvalue weighted by Crippen LogP contribution is 2.36. The average Bonchev–Trinajstić information content (AvgIpc) is 2.66. The standard InChI is InChI=1S/C18H16ClF3N4O3S2/c1-10-6-13(18(20,21)22)12(8-23)17(24-10)30-9-16(27)25-11-4-5-14(19)15(7-11)31(28,29)26(2)3/h4-7H,9H2,1-3H3,(H,25,27). The number of carbonyl (C=O) groups is 1. The molecule has 13 heteroatoms. The number of rotatable bonds is 6. The number of halogens is 4. The summed E-state index contributed by atoms with van der Waals surface area (Å²) in [6, 6.07) is 6.11. The molecule has 1 aromatic heterocycles. The molecule has 0 saturated heterocycles. The Labute approximate surface area is 186 Å². The monoisotopic (exact) mass is 492 g/mol. The van der Waals surface area contributed by atoms with Crippen LogP contribution in [0.15, 0.2) is 34.2 Å². The lowest BCUT2D eigenvalue weighted by Gasteiger charge is -2.14. The van der Waals surface area contributed by atoms with Crippen LogP contribution in [0.3, 0.4) is 0 Å². The Hall–Kier alpha value is -2.33. The molecule has 0 atom stereocenters. The highest BCUT2D eigenvalue weighted by Gasteiger charge is 2.35. The van der Waals surface area contributed by atoms with Gasteiger partial charge in [0.25, 0.3) is 0 Å². The maximum atomic E-state index is 13.2. The van der Waals surface area contributed by atoms with E-state index >= 15 is 0 Å². The molecule has 0 unspecified atom stereocenters. The molecule has 0 aliphatic rings. The highest BCUT2D eigenvalue weighted by molar-refractivity contribution is 8.00. The van der Waals surface area contributed by atoms with Crippen LogP contribution < -0.4 is 5.32 Å². The van der Waals surface area contributed by atoms with E-state index in [1.165, 1.54) is 45.3 Å². The molecule has 166 valence electrons. The van der Waals surface area contributed by atoms with Crippen LogP contribution in [0.5, 0.6) is 0 Å². The van der Waals surface area contributed by atoms with Crippen molar-refractivity contribution in [3.63, 3.8) is 0 Å². The van der Waals surface area contributed by atoms with E-state index in [0.29, 0.717) is 11.8 Å². The van der Waals surface area contributed by atoms with Crippen molar-refractivity contribution in [1.29, 1.82) is 5.26 Å². The van der Waals surface area contributed by atoms with Crippen LogP contribution in [0.1, 0.15) is 16.8 Å². The smallest absolute Gasteiger partial charge is 0.325 e. The number of nitrogens with zero attached hydrogens (tertiary/aromatic N) is 3. The summed E-state index contributed by atoms with van der Waals surface area (Å²) in [6.07, 6.45) is -4.74. The van der Waals surface area contributed by atoms with Crippen LogP contribution >= 0.6 is 23.4 Å². The third-order valence-electron chi connectivity index (χ3n) is 3.85. The minimum absolute atomic E-state index is 0.0385. The van der Waals surface area contributed by atoms with Gasteiger partial charge < -0.3 is 5.32 Å². The SMILES string of the molecule is Cc1cc(C(F)(F)F)c(C#N)c(SCC(=O)Nc2ccc(Cl)c(S(=O)(=O)N(C)C)c2)n1. The maximum Gasteiger partial charge on any atom is 0.417 e. The molecule has 0 bridgehead atoms. The number of sulfonamides is 1. The summed E-state index contributed by atoms with van der Waals surface area (Å²) >= 11 is 6.61. The molecule has 0 saturated carbocycles. The van der Waals surface area contributed by atoms with Gasteiger partial charge in [-0.1, -0.05) is 23.4 Å². The largest absolute Gasteiger partial charge is 0.417 e. The maximum absolute atomic E-state index is 13.2. The van der Waals surface area contributed by atoms with Gasteiger partial charge in [0.15, 0.2) is 0 Å². The van der Waals surface area contributed by atoms with E-state index in [2.05, 4.69) is 10.3 Å². The van der Waals surface area contributed by atoms with Gasteiger partial charge in [-0.15, -0.1) is 0 Å². The number of hydrogen-bond donors (Lipinski definition) is 1. The summed E-state index contributed by atoms with van der Waals surface area (Å²) in [5, 5.41) is 11.3. The summed E-state index contributed by atoms with van der Waals surface area (Å²) in [4.78, 5) is 16.0. The number of hydrogen-bond acceptors (Lipinski definition) is 6. The van der Waals surface area contributed by atoms with Crippen molar-refractivity contribution in [2.45, 2.75) is 23.0 Å². The van der Waals surface area contributed by atoms with Crippen molar-refractivity contribution in [2.24, 2.45) is 0 Å². The van der Waals surface area contributed by atoms with Crippen LogP contribution in [0.25, 0.3) is 0 Å². The molecule has 0 aliphatic heterocycles. The molecule has 2 aromatic rings. The molecule has 1 N–H and O–H groups in total. The second kappa shape index (κ2) is 9.44. The topological polar surface area (TPSA) is 103 Å². The summed E-state index contributed by atoms with van der Waals surface area (Å²) in [5.74, 6) is -0.998. The number of benzene rings is 1. The van der Waals surface area contributed by atoms with Crippen LogP contribution in [0.2, 0.25) is 5.02 Å². The molecule has 1 heterocycles. The number of amides is 1. The molecular formula is C18H16ClF3N4O3S2. The molecule has 0 radical (unpaired) electrons. The van der Waals surface area contributed by atoms with Crippen molar-refractivity contribution in [3.05, 3.63) is 46.1 Å². The Morgan fingerprint density at radius 2 is 1.97 bits per heavy atom. The van der Waals surface area contributed by atoms with Gasteiger partial charge >= 0.3 is 6.18 Å². The molecule has 7 nitrogen and oxygen atoms in total. The van der Waals surface area contributed by atoms with Gasteiger partial charge in [-0.2, -0.15) is 18.4 Å². The zero-order valence-corrected chi connectivity index (χ0v) is 18.8. The van der Waals surface area contributed by atoms with E-state index in [4.69, 9.17) is 16.9 Å². The van der Waals surface area contributed by atoms with Gasteiger partial charge in [-0.3, -0.25) is 4.79 Å². The fourth-order valence-electron chi connectivity index (χ4n) is 2.39. The van der Waals surface area contributed by atoms with Gasteiger partial charge in [0.1, 0.15) is 16.0 Å². The second-order valence-corrected chi connectivity index (χ2v) is 9.86. The van der Waals surface area contributed by atoms with Gasteiger partial charge in [-0.05, 0) is 31.2 Å². The first kappa shape index (κ1) is 24.9. The van der Waals surface area contributed by atoms with E-state index in [9.17, 15) is 26.4 Å². The van der Waals surface area contributed by atoms with Crippen molar-refractivity contribution < 1.29 is 26.4 Å². The first-order valence-corrected chi connectivity index (χ1v) is 11.2. The zero-order chi connectivity index (χ0) is 23.6. The lowest BCUT2D eigenvalue weighted by Crippen LogP contribution is -2.23. The Balaban J connectivity index is 2.23. The molecule has 1 aromatic carbocycles. The third-order valence-corrected chi connectivity index (χ3v) is 7.12. The van der Waals surface area contributed by atoms with Gasteiger partial charge in [0.2, 0.25) is 15.9 Å². The van der Waals surface area contributed by atoms with Crippen LogP contribution in [-0.4, -0.2) is 43.5 Å². The highest BCUT2D eigenvalue weighted by atomic mass is 35.5. The quantitative estimate of drug-likeness (QED) is 0.613. The fourth-order valence-corrected chi connectivity index (χ4v) is 4.63. The molecule has 31 heavy (non-hydrogen) atoms. The van der Waals surface area contributed by atoms with Gasteiger partial charge in [0, 0.05) is 25.5 Å². The minimum Gasteiger partial charge on any atom is -0.325 e. The average molecular weight is 493 g/mol. The Morgan fingerprint density at radius 1 is 1.32 bits per heavy atom. The van der Waals surface area contributed by atoms with Crippen LogP contribution in [0, 0.1) is 18.3 Å². The van der Waals surface area contributed by atoms with E-state index in [-0.39, 0.29) is 32.1 Å². The van der Waals surface area contributed by atoms with Crippen molar-refractivity contribution >= 4 is 45.0 Å². The number of aryl methyl sites for hydroxylation is 1. The fraction of sp³-hybridized carbons (Fsp3) is 0.278. The number of carbonyl (C=O) groups excluding carboxylic acids is 1. The first-order chi connectivity index (χ1) is 14.3. The van der Waals surface area contributed by atoms with Crippen molar-refractivity contribution in [2.75, 3.05) is 25.2 Å². The normalized spacial score (nSPS) is 12.0. The number of anilines is 1. The second-order valence-electron chi connectivity index (χ2n) is 6.37. The number of thioether (sulfide) groups is 1. The molecular weight excluding hydrogens is 477 g/mol. The summed E-state index contributed by atoms with van der Waals surface area (Å²) in [6.45, 7) is 1.35. The minimum atomic E-state index is -4.74. The van der Waals surface area contributed by atoms with Gasteiger partial charge in [-0.25, -0.2) is 17.7 Å². The number of pyridine rings is 1. The van der Waals surface area contributed by atoms with E-state index in [1.807, 2.05) is 0 Å². The molecule has 0 spiro atoms. The summed E-state index contributed by atoms with van der Waals surface area (Å²) in [7, 11) is -1.21. The number of nitriles is 1. The Bertz CT molecular complexity index is 1160. The lowest BCUT2D eigenvalue weighted by molar-refractivity contribution is -0.138. The number of alkyl halides is 3. The Morgan fingerprint density at radius 3 is 2.52 bits per heavy atom. The predicted molar refractivity (Wildman–Crippen MR) is 110 cm³/mol.